The summed E-state index contributed by atoms with van der Waals surface area (Å²) in [4.78, 5) is 11.9. The summed E-state index contributed by atoms with van der Waals surface area (Å²) in [6, 6.07) is 7.57. The van der Waals surface area contributed by atoms with Crippen LogP contribution in [-0.4, -0.2) is 19.1 Å². The first kappa shape index (κ1) is 13.4. The Balaban J connectivity index is 1.45. The number of benzene rings is 1. The zero-order chi connectivity index (χ0) is 14.0. The van der Waals surface area contributed by atoms with Crippen molar-refractivity contribution >= 4 is 5.91 Å². The molecule has 0 aromatic heterocycles. The molecule has 0 bridgehead atoms. The van der Waals surface area contributed by atoms with Crippen LogP contribution in [0.15, 0.2) is 24.3 Å². The highest BCUT2D eigenvalue weighted by Crippen LogP contribution is 2.60. The molecule has 3 rings (SSSR count). The quantitative estimate of drug-likeness (QED) is 0.797. The van der Waals surface area contributed by atoms with E-state index in [0.29, 0.717) is 17.7 Å². The van der Waals surface area contributed by atoms with Crippen molar-refractivity contribution in [2.45, 2.75) is 32.2 Å². The molecule has 108 valence electrons. The van der Waals surface area contributed by atoms with Gasteiger partial charge in [0.25, 0.3) is 5.91 Å². The fourth-order valence-electron chi connectivity index (χ4n) is 2.87. The normalized spacial score (nSPS) is 19.4. The molecule has 4 heteroatoms. The van der Waals surface area contributed by atoms with Crippen molar-refractivity contribution in [1.82, 2.24) is 5.32 Å². The minimum atomic E-state index is -0.0382. The molecule has 2 aliphatic rings. The second kappa shape index (κ2) is 5.44. The predicted octanol–water partition coefficient (Wildman–Crippen LogP) is 1.83. The Morgan fingerprint density at radius 3 is 2.75 bits per heavy atom. The third kappa shape index (κ3) is 2.96. The van der Waals surface area contributed by atoms with Crippen LogP contribution in [0.2, 0.25) is 0 Å². The summed E-state index contributed by atoms with van der Waals surface area (Å²) in [7, 11) is 0. The van der Waals surface area contributed by atoms with Crippen molar-refractivity contribution in [1.29, 1.82) is 0 Å². The Morgan fingerprint density at radius 2 is 2.10 bits per heavy atom. The number of carbonyl (C=O) groups excluding carboxylic acids is 1. The number of ether oxygens (including phenoxy) is 1. The summed E-state index contributed by atoms with van der Waals surface area (Å²) >= 11 is 0. The average molecular weight is 274 g/mol. The van der Waals surface area contributed by atoms with E-state index in [1.165, 1.54) is 25.7 Å². The van der Waals surface area contributed by atoms with E-state index in [2.05, 4.69) is 5.32 Å². The van der Waals surface area contributed by atoms with Crippen LogP contribution in [0.1, 0.15) is 31.2 Å². The van der Waals surface area contributed by atoms with Crippen molar-refractivity contribution in [3.8, 4) is 5.75 Å². The van der Waals surface area contributed by atoms with Gasteiger partial charge in [0.1, 0.15) is 5.75 Å². The monoisotopic (exact) mass is 274 g/mol. The molecule has 0 radical (unpaired) electrons. The molecule has 2 aliphatic carbocycles. The van der Waals surface area contributed by atoms with Gasteiger partial charge < -0.3 is 15.8 Å². The minimum Gasteiger partial charge on any atom is -0.483 e. The third-order valence-electron chi connectivity index (χ3n) is 4.52. The second-order valence-electron chi connectivity index (χ2n) is 6.01. The van der Waals surface area contributed by atoms with E-state index in [1.807, 2.05) is 24.3 Å². The molecule has 0 saturated heterocycles. The lowest BCUT2D eigenvalue weighted by molar-refractivity contribution is -0.123. The highest BCUT2D eigenvalue weighted by molar-refractivity contribution is 5.77. The molecule has 0 aliphatic heterocycles. The smallest absolute Gasteiger partial charge is 0.257 e. The number of nitrogens with two attached hydrogens (primary N) is 1. The number of hydrogen-bond donors (Lipinski definition) is 2. The third-order valence-corrected chi connectivity index (χ3v) is 4.52. The van der Waals surface area contributed by atoms with E-state index < -0.39 is 0 Å². The van der Waals surface area contributed by atoms with Crippen LogP contribution in [0.4, 0.5) is 0 Å². The molecule has 1 amide bonds. The van der Waals surface area contributed by atoms with Gasteiger partial charge in [-0.25, -0.2) is 0 Å². The average Bonchev–Trinajstić information content (AvgIpc) is 3.35. The van der Waals surface area contributed by atoms with Crippen molar-refractivity contribution in [2.24, 2.45) is 17.1 Å². The van der Waals surface area contributed by atoms with Crippen molar-refractivity contribution in [3.63, 3.8) is 0 Å². The maximum absolute atomic E-state index is 11.9. The van der Waals surface area contributed by atoms with Gasteiger partial charge in [0, 0.05) is 18.7 Å². The molecular weight excluding hydrogens is 252 g/mol. The van der Waals surface area contributed by atoms with Gasteiger partial charge in [-0.05, 0) is 43.1 Å². The van der Waals surface area contributed by atoms with Crippen LogP contribution in [-0.2, 0) is 11.3 Å². The van der Waals surface area contributed by atoms with Gasteiger partial charge in [-0.15, -0.1) is 0 Å². The minimum absolute atomic E-state index is 0.0382. The zero-order valence-corrected chi connectivity index (χ0v) is 11.7. The number of rotatable bonds is 7. The molecular formula is C16H22N2O2. The van der Waals surface area contributed by atoms with Gasteiger partial charge in [-0.1, -0.05) is 18.2 Å². The summed E-state index contributed by atoms with van der Waals surface area (Å²) < 4.78 is 5.56. The lowest BCUT2D eigenvalue weighted by atomic mass is 10.0. The fourth-order valence-corrected chi connectivity index (χ4v) is 2.87. The fraction of sp³-hybridized carbons (Fsp3) is 0.562. The molecule has 2 fully saturated rings. The molecule has 0 unspecified atom stereocenters. The van der Waals surface area contributed by atoms with Crippen LogP contribution in [0.25, 0.3) is 0 Å². The highest BCUT2D eigenvalue weighted by Gasteiger charge is 2.53. The maximum Gasteiger partial charge on any atom is 0.257 e. The van der Waals surface area contributed by atoms with E-state index in [9.17, 15) is 4.79 Å². The Morgan fingerprint density at radius 1 is 1.35 bits per heavy atom. The van der Waals surface area contributed by atoms with Gasteiger partial charge >= 0.3 is 0 Å². The number of carbonyl (C=O) groups is 1. The SMILES string of the molecule is NCc1ccccc1OCC(=O)NCC1(C2CC2)CC1. The first-order chi connectivity index (χ1) is 9.73. The first-order valence-electron chi connectivity index (χ1n) is 7.41. The topological polar surface area (TPSA) is 64.3 Å². The van der Waals surface area contributed by atoms with Crippen molar-refractivity contribution in [3.05, 3.63) is 29.8 Å². The summed E-state index contributed by atoms with van der Waals surface area (Å²) in [5, 5.41) is 3.02. The number of hydrogen-bond acceptors (Lipinski definition) is 3. The van der Waals surface area contributed by atoms with Gasteiger partial charge in [-0.3, -0.25) is 4.79 Å². The van der Waals surface area contributed by atoms with Gasteiger partial charge in [-0.2, -0.15) is 0 Å². The zero-order valence-electron chi connectivity index (χ0n) is 11.7. The highest BCUT2D eigenvalue weighted by atomic mass is 16.5. The van der Waals surface area contributed by atoms with Gasteiger partial charge in [0.15, 0.2) is 6.61 Å². The Labute approximate surface area is 119 Å². The number of amides is 1. The van der Waals surface area contributed by atoms with Gasteiger partial charge in [0.2, 0.25) is 0 Å². The first-order valence-corrected chi connectivity index (χ1v) is 7.41. The van der Waals surface area contributed by atoms with Gasteiger partial charge in [0.05, 0.1) is 0 Å². The van der Waals surface area contributed by atoms with Crippen LogP contribution in [0.3, 0.4) is 0 Å². The largest absolute Gasteiger partial charge is 0.483 e. The molecule has 2 saturated carbocycles. The molecule has 0 heterocycles. The predicted molar refractivity (Wildman–Crippen MR) is 77.2 cm³/mol. The standard InChI is InChI=1S/C16H22N2O2/c17-9-12-3-1-2-4-14(12)20-10-15(19)18-11-16(7-8-16)13-5-6-13/h1-4,13H,5-11,17H2,(H,18,19). The van der Waals surface area contributed by atoms with Crippen molar-refractivity contribution < 1.29 is 9.53 Å². The Kier molecular flexibility index (Phi) is 3.66. The Bertz CT molecular complexity index is 493. The lowest BCUT2D eigenvalue weighted by Gasteiger charge is -2.15. The molecule has 0 spiro atoms. The van der Waals surface area contributed by atoms with Crippen LogP contribution < -0.4 is 15.8 Å². The second-order valence-corrected chi connectivity index (χ2v) is 6.01. The van der Waals surface area contributed by atoms with E-state index in [-0.39, 0.29) is 12.5 Å². The van der Waals surface area contributed by atoms with E-state index in [4.69, 9.17) is 10.5 Å². The van der Waals surface area contributed by atoms with E-state index in [1.54, 1.807) is 0 Å². The van der Waals surface area contributed by atoms with E-state index >= 15 is 0 Å². The molecule has 4 nitrogen and oxygen atoms in total. The van der Waals surface area contributed by atoms with Crippen LogP contribution in [0, 0.1) is 11.3 Å². The molecule has 1 aromatic rings. The maximum atomic E-state index is 11.9. The summed E-state index contributed by atoms with van der Waals surface area (Å²) in [6.07, 6.45) is 5.23. The summed E-state index contributed by atoms with van der Waals surface area (Å²) in [5.41, 5.74) is 7.00. The molecule has 3 N–H and O–H groups in total. The molecule has 1 aromatic carbocycles. The molecule has 20 heavy (non-hydrogen) atoms. The summed E-state index contributed by atoms with van der Waals surface area (Å²) in [6.45, 7) is 1.30. The summed E-state index contributed by atoms with van der Waals surface area (Å²) in [5.74, 6) is 1.53. The lowest BCUT2D eigenvalue weighted by Crippen LogP contribution is -2.34. The number of nitrogens with one attached hydrogen (secondary N) is 1. The number of para-hydroxylation sites is 1. The molecule has 0 atom stereocenters. The van der Waals surface area contributed by atoms with Crippen molar-refractivity contribution in [2.75, 3.05) is 13.2 Å². The van der Waals surface area contributed by atoms with Crippen LogP contribution in [0.5, 0.6) is 5.75 Å². The van der Waals surface area contributed by atoms with E-state index in [0.717, 1.165) is 18.0 Å². The van der Waals surface area contributed by atoms with Crippen LogP contribution >= 0.6 is 0 Å². The Hall–Kier alpha value is -1.55.